The third-order valence-corrected chi connectivity index (χ3v) is 3.13. The minimum Gasteiger partial charge on any atom is -0.0770 e. The molecule has 0 aliphatic heterocycles. The van der Waals surface area contributed by atoms with Gasteiger partial charge in [0, 0.05) is 5.92 Å². The lowest BCUT2D eigenvalue weighted by Crippen LogP contribution is -1.96. The summed E-state index contributed by atoms with van der Waals surface area (Å²) >= 11 is 0. The van der Waals surface area contributed by atoms with E-state index in [0.29, 0.717) is 0 Å². The molecule has 42 valence electrons. The quantitative estimate of drug-likeness (QED) is 0.415. The van der Waals surface area contributed by atoms with Gasteiger partial charge in [0.25, 0.3) is 0 Å². The largest absolute Gasteiger partial charge is 0.0770 e. The molecule has 2 fully saturated rings. The van der Waals surface area contributed by atoms with Crippen LogP contribution in [0.25, 0.3) is 0 Å². The maximum absolute atomic E-state index is 2.48. The Labute approximate surface area is 49.6 Å². The minimum atomic E-state index is 0.884. The van der Waals surface area contributed by atoms with Gasteiger partial charge in [0.15, 0.2) is 0 Å². The highest BCUT2D eigenvalue weighted by molar-refractivity contribution is 5.40. The zero-order valence-corrected chi connectivity index (χ0v) is 4.98. The molecule has 0 aromatic heterocycles. The number of allylic oxidation sites excluding steroid dienone is 2. The second-order valence-electron chi connectivity index (χ2n) is 3.58. The average Bonchev–Trinajstić information content (AvgIpc) is 2.46. The Morgan fingerprint density at radius 1 is 1.38 bits per heavy atom. The topological polar surface area (TPSA) is 0 Å². The predicted octanol–water partition coefficient (Wildman–Crippen LogP) is 2.12. The molecule has 0 heterocycles. The number of fused-ring (bicyclic) bond motifs is 2. The van der Waals surface area contributed by atoms with E-state index in [0.717, 1.165) is 11.3 Å². The van der Waals surface area contributed by atoms with E-state index in [9.17, 15) is 0 Å². The van der Waals surface area contributed by atoms with Gasteiger partial charge < -0.3 is 0 Å². The van der Waals surface area contributed by atoms with Crippen LogP contribution in [0.5, 0.6) is 0 Å². The Balaban J connectivity index is 2.03. The molecule has 0 saturated heterocycles. The second-order valence-corrected chi connectivity index (χ2v) is 3.58. The summed E-state index contributed by atoms with van der Waals surface area (Å²) in [6.45, 7) is 0. The van der Waals surface area contributed by atoms with Crippen molar-refractivity contribution in [2.45, 2.75) is 25.7 Å². The Hall–Kier alpha value is -0.260. The first-order chi connectivity index (χ1) is 3.91. The molecule has 1 unspecified atom stereocenters. The molecule has 8 heavy (non-hydrogen) atoms. The van der Waals surface area contributed by atoms with Crippen molar-refractivity contribution >= 4 is 0 Å². The first kappa shape index (κ1) is 3.71. The number of hydrogen-bond donors (Lipinski definition) is 0. The van der Waals surface area contributed by atoms with Gasteiger partial charge in [-0.2, -0.15) is 0 Å². The van der Waals surface area contributed by atoms with E-state index in [2.05, 4.69) is 6.08 Å². The Bertz CT molecular complexity index is 172. The lowest BCUT2D eigenvalue weighted by Gasteiger charge is -2.03. The molecule has 0 heteroatoms. The van der Waals surface area contributed by atoms with E-state index in [4.69, 9.17) is 0 Å². The second kappa shape index (κ2) is 0.792. The van der Waals surface area contributed by atoms with E-state index in [1.807, 2.05) is 0 Å². The molecule has 0 amide bonds. The van der Waals surface area contributed by atoms with Crippen LogP contribution in [0.4, 0.5) is 0 Å². The zero-order chi connectivity index (χ0) is 5.19. The van der Waals surface area contributed by atoms with Crippen LogP contribution in [-0.2, 0) is 0 Å². The summed E-state index contributed by atoms with van der Waals surface area (Å²) in [5.74, 6) is 1.03. The van der Waals surface area contributed by atoms with Crippen molar-refractivity contribution in [1.82, 2.24) is 0 Å². The highest BCUT2D eigenvalue weighted by Gasteiger charge is 2.57. The van der Waals surface area contributed by atoms with Crippen LogP contribution in [0.15, 0.2) is 11.6 Å². The summed E-state index contributed by atoms with van der Waals surface area (Å²) in [6, 6.07) is 0. The molecule has 0 bridgehead atoms. The summed E-state index contributed by atoms with van der Waals surface area (Å²) in [5.41, 5.74) is 2.68. The summed E-state index contributed by atoms with van der Waals surface area (Å²) in [4.78, 5) is 0. The van der Waals surface area contributed by atoms with Crippen LogP contribution < -0.4 is 0 Å². The number of rotatable bonds is 0. The van der Waals surface area contributed by atoms with Crippen molar-refractivity contribution in [3.05, 3.63) is 11.6 Å². The van der Waals surface area contributed by atoms with Crippen molar-refractivity contribution in [3.63, 3.8) is 0 Å². The Morgan fingerprint density at radius 3 is 2.50 bits per heavy atom. The Morgan fingerprint density at radius 2 is 2.25 bits per heavy atom. The lowest BCUT2D eigenvalue weighted by molar-refractivity contribution is 0.485. The first-order valence-electron chi connectivity index (χ1n) is 3.61. The molecular formula is C8H10. The van der Waals surface area contributed by atoms with Gasteiger partial charge in [0.05, 0.1) is 0 Å². The van der Waals surface area contributed by atoms with Crippen LogP contribution in [0.2, 0.25) is 0 Å². The summed E-state index contributed by atoms with van der Waals surface area (Å²) < 4.78 is 0. The molecule has 0 radical (unpaired) electrons. The third kappa shape index (κ3) is 0.249. The Kier molecular flexibility index (Phi) is 0.367. The lowest BCUT2D eigenvalue weighted by atomic mass is 10.0. The van der Waals surface area contributed by atoms with Gasteiger partial charge in [-0.1, -0.05) is 11.6 Å². The average molecular weight is 106 g/mol. The van der Waals surface area contributed by atoms with Crippen LogP contribution >= 0.6 is 0 Å². The van der Waals surface area contributed by atoms with Crippen molar-refractivity contribution in [2.24, 2.45) is 11.3 Å². The predicted molar refractivity (Wildman–Crippen MR) is 32.5 cm³/mol. The van der Waals surface area contributed by atoms with Crippen LogP contribution in [0.1, 0.15) is 25.7 Å². The molecule has 3 aliphatic carbocycles. The molecule has 1 atom stereocenters. The minimum absolute atomic E-state index is 0.884. The maximum atomic E-state index is 2.48. The molecular weight excluding hydrogens is 96.1 g/mol. The van der Waals surface area contributed by atoms with Crippen molar-refractivity contribution in [2.75, 3.05) is 0 Å². The van der Waals surface area contributed by atoms with Gasteiger partial charge >= 0.3 is 0 Å². The van der Waals surface area contributed by atoms with Crippen molar-refractivity contribution in [1.29, 1.82) is 0 Å². The van der Waals surface area contributed by atoms with Gasteiger partial charge in [-0.3, -0.25) is 0 Å². The summed E-state index contributed by atoms with van der Waals surface area (Å²) in [6.07, 6.45) is 8.54. The van der Waals surface area contributed by atoms with Gasteiger partial charge in [-0.25, -0.2) is 0 Å². The van der Waals surface area contributed by atoms with E-state index < -0.39 is 0 Å². The zero-order valence-electron chi connectivity index (χ0n) is 4.98. The van der Waals surface area contributed by atoms with Gasteiger partial charge in [0.1, 0.15) is 0 Å². The molecule has 1 spiro atoms. The SMILES string of the molecule is C1=C2CCC3(CC3)C12. The van der Waals surface area contributed by atoms with Crippen molar-refractivity contribution < 1.29 is 0 Å². The first-order valence-corrected chi connectivity index (χ1v) is 3.61. The number of hydrogen-bond acceptors (Lipinski definition) is 0. The standard InChI is InChI=1S/C8H10/c1-2-8(3-4-8)7-5-6(1)7/h5,7H,1-4H2. The van der Waals surface area contributed by atoms with Crippen LogP contribution in [0.3, 0.4) is 0 Å². The normalized spacial score (nSPS) is 44.0. The van der Waals surface area contributed by atoms with Gasteiger partial charge in [-0.15, -0.1) is 0 Å². The van der Waals surface area contributed by atoms with Gasteiger partial charge in [-0.05, 0) is 31.1 Å². The van der Waals surface area contributed by atoms with E-state index in [1.165, 1.54) is 25.7 Å². The fourth-order valence-corrected chi connectivity index (χ4v) is 2.25. The van der Waals surface area contributed by atoms with Gasteiger partial charge in [0.2, 0.25) is 0 Å². The molecule has 0 N–H and O–H groups in total. The van der Waals surface area contributed by atoms with Crippen LogP contribution in [-0.4, -0.2) is 0 Å². The molecule has 2 saturated carbocycles. The molecule has 3 aliphatic rings. The fourth-order valence-electron chi connectivity index (χ4n) is 2.25. The molecule has 0 aromatic carbocycles. The maximum Gasteiger partial charge on any atom is 0.00365 e. The smallest absolute Gasteiger partial charge is 0.00365 e. The summed E-state index contributed by atoms with van der Waals surface area (Å²) in [5, 5.41) is 0. The van der Waals surface area contributed by atoms with E-state index in [1.54, 1.807) is 5.57 Å². The van der Waals surface area contributed by atoms with E-state index in [-0.39, 0.29) is 0 Å². The third-order valence-electron chi connectivity index (χ3n) is 3.13. The molecule has 0 aromatic rings. The molecule has 3 rings (SSSR count). The monoisotopic (exact) mass is 106 g/mol. The highest BCUT2D eigenvalue weighted by atomic mass is 14.6. The van der Waals surface area contributed by atoms with Crippen LogP contribution in [0, 0.1) is 11.3 Å². The highest BCUT2D eigenvalue weighted by Crippen LogP contribution is 2.69. The fraction of sp³-hybridized carbons (Fsp3) is 0.750. The molecule has 0 nitrogen and oxygen atoms in total. The van der Waals surface area contributed by atoms with Crippen molar-refractivity contribution in [3.8, 4) is 0 Å². The van der Waals surface area contributed by atoms with E-state index >= 15 is 0 Å². The summed E-state index contributed by atoms with van der Waals surface area (Å²) in [7, 11) is 0.